The number of urea groups is 1. The molecule has 2 N–H and O–H groups in total. The van der Waals surface area contributed by atoms with Crippen LogP contribution >= 0.6 is 0 Å². The molecule has 13 nitrogen and oxygen atoms in total. The number of hydrazine groups is 1. The number of ether oxygens (including phenoxy) is 2. The maximum Gasteiger partial charge on any atom is 0.412 e. The third-order valence-electron chi connectivity index (χ3n) is 9.52. The van der Waals surface area contributed by atoms with Gasteiger partial charge < -0.3 is 34.8 Å². The van der Waals surface area contributed by atoms with Gasteiger partial charge in [0, 0.05) is 32.6 Å². The van der Waals surface area contributed by atoms with E-state index in [1.54, 1.807) is 52.3 Å². The number of aryl methyl sites for hydroxylation is 1. The zero-order valence-corrected chi connectivity index (χ0v) is 31.8. The highest BCUT2D eigenvalue weighted by Crippen LogP contribution is 2.31. The molecule has 3 aromatic carbocycles. The van der Waals surface area contributed by atoms with Crippen molar-refractivity contribution in [3.05, 3.63) is 113 Å². The zero-order valence-electron chi connectivity index (χ0n) is 31.8. The van der Waals surface area contributed by atoms with Gasteiger partial charge in [0.05, 0.1) is 26.7 Å². The molecule has 286 valence electrons. The quantitative estimate of drug-likeness (QED) is 0.220. The summed E-state index contributed by atoms with van der Waals surface area (Å²) in [5.41, 5.74) is 4.78. The minimum Gasteiger partial charge on any atom is -0.497 e. The number of carbonyl (C=O) groups excluding carboxylic acids is 4. The van der Waals surface area contributed by atoms with Crippen LogP contribution in [-0.2, 0) is 29.1 Å². The van der Waals surface area contributed by atoms with Crippen LogP contribution in [0.2, 0.25) is 0 Å². The Bertz CT molecular complexity index is 1830. The molecule has 5 amide bonds. The van der Waals surface area contributed by atoms with Crippen LogP contribution < -0.4 is 20.1 Å². The molecule has 0 aliphatic carbocycles. The summed E-state index contributed by atoms with van der Waals surface area (Å²) in [5.74, 6) is 0.630. The number of hydrogen-bond acceptors (Lipinski definition) is 8. The Balaban J connectivity index is 1.40. The molecule has 2 aliphatic heterocycles. The Hall–Kier alpha value is -5.66. The maximum atomic E-state index is 14.5. The van der Waals surface area contributed by atoms with Gasteiger partial charge in [-0.25, -0.2) is 9.59 Å². The molecule has 0 unspecified atom stereocenters. The molecular weight excluding hydrogens is 686 g/mol. The van der Waals surface area contributed by atoms with Gasteiger partial charge in [0.1, 0.15) is 23.7 Å². The van der Waals surface area contributed by atoms with Crippen LogP contribution in [0.4, 0.5) is 9.59 Å². The third-order valence-corrected chi connectivity index (χ3v) is 9.52. The van der Waals surface area contributed by atoms with Crippen molar-refractivity contribution in [2.75, 3.05) is 53.9 Å². The first-order valence-corrected chi connectivity index (χ1v) is 18.1. The molecule has 5 rings (SSSR count). The molecular formula is C41H51N7O6. The number of fused-ring (bicyclic) bond motifs is 1. The summed E-state index contributed by atoms with van der Waals surface area (Å²) in [5, 5.41) is 8.94. The Morgan fingerprint density at radius 2 is 1.69 bits per heavy atom. The Kier molecular flexibility index (Phi) is 13.5. The van der Waals surface area contributed by atoms with E-state index in [9.17, 15) is 19.2 Å². The number of amides is 5. The van der Waals surface area contributed by atoms with Crippen molar-refractivity contribution >= 4 is 30.0 Å². The van der Waals surface area contributed by atoms with E-state index in [1.807, 2.05) is 87.5 Å². The van der Waals surface area contributed by atoms with Crippen molar-refractivity contribution in [1.29, 1.82) is 0 Å². The van der Waals surface area contributed by atoms with Crippen molar-refractivity contribution < 1.29 is 28.7 Å². The molecule has 0 aromatic heterocycles. The summed E-state index contributed by atoms with van der Waals surface area (Å²) in [6, 6.07) is 19.1. The number of methoxy groups -OCH3 is 1. The molecule has 0 bridgehead atoms. The molecule has 2 atom stereocenters. The highest BCUT2D eigenvalue weighted by molar-refractivity contribution is 5.92. The molecule has 54 heavy (non-hydrogen) atoms. The zero-order chi connectivity index (χ0) is 38.8. The minimum atomic E-state index is -0.842. The van der Waals surface area contributed by atoms with E-state index in [2.05, 4.69) is 17.2 Å². The largest absolute Gasteiger partial charge is 0.497 e. The fourth-order valence-corrected chi connectivity index (χ4v) is 6.76. The highest BCUT2D eigenvalue weighted by atomic mass is 16.6. The molecule has 0 saturated carbocycles. The van der Waals surface area contributed by atoms with Crippen LogP contribution in [0.25, 0.3) is 6.08 Å². The summed E-state index contributed by atoms with van der Waals surface area (Å²) in [6.07, 6.45) is 4.69. The molecule has 0 spiro atoms. The Morgan fingerprint density at radius 1 is 0.981 bits per heavy atom. The molecule has 3 aromatic rings. The third kappa shape index (κ3) is 9.65. The number of allylic oxidation sites excluding steroid dienone is 1. The number of hydrogen-bond donors (Lipinski definition) is 2. The van der Waals surface area contributed by atoms with Gasteiger partial charge >= 0.3 is 12.1 Å². The van der Waals surface area contributed by atoms with Gasteiger partial charge in [0.25, 0.3) is 0 Å². The lowest BCUT2D eigenvalue weighted by Crippen LogP contribution is -2.66. The van der Waals surface area contributed by atoms with Crippen LogP contribution in [0.5, 0.6) is 11.5 Å². The summed E-state index contributed by atoms with van der Waals surface area (Å²) in [4.78, 5) is 59.9. The van der Waals surface area contributed by atoms with Gasteiger partial charge in [0.2, 0.25) is 11.8 Å². The van der Waals surface area contributed by atoms with Crippen LogP contribution in [-0.4, -0.2) is 115 Å². The Morgan fingerprint density at radius 3 is 2.35 bits per heavy atom. The molecule has 0 radical (unpaired) electrons. The van der Waals surface area contributed by atoms with Crippen molar-refractivity contribution in [3.8, 4) is 11.5 Å². The second-order valence-electron chi connectivity index (χ2n) is 13.6. The number of nitrogens with one attached hydrogen (secondary N) is 2. The van der Waals surface area contributed by atoms with Gasteiger partial charge in [-0.2, -0.15) is 5.01 Å². The SMILES string of the molecule is C=CCN(C(=O)NCc1ccc(OC)cc1)N1CC(=O)N2[C@@H](Cc3ccc(OC(=O)NCCN(C)C)cc3)C(=O)N(Cc3cccc(C)c3/C=C\C)C[C@@H]21. The van der Waals surface area contributed by atoms with Crippen LogP contribution in [0, 0.1) is 6.92 Å². The summed E-state index contributed by atoms with van der Waals surface area (Å²) in [7, 11) is 5.43. The van der Waals surface area contributed by atoms with E-state index in [1.165, 1.54) is 5.01 Å². The fourth-order valence-electron chi connectivity index (χ4n) is 6.76. The average Bonchev–Trinajstić information content (AvgIpc) is 3.48. The van der Waals surface area contributed by atoms with Gasteiger partial charge in [0.15, 0.2) is 0 Å². The first-order chi connectivity index (χ1) is 26.0. The standard InChI is InChI=1S/C41H51N7O6/c1-7-10-35-29(3)11-9-12-32(35)26-45-27-37-47(46(22-8-2)40(51)43-25-31-15-17-33(53-6)18-16-31)28-38(49)48(37)36(39(45)50)24-30-13-19-34(20-14-30)54-41(52)42-21-23-44(4)5/h7-20,36-37H,2,21-28H2,1,3-6H3,(H,42,52)(H,43,51)/b10-7-/t36-,37+/m0/s1. The van der Waals surface area contributed by atoms with Crippen LogP contribution in [0.15, 0.2) is 85.5 Å². The predicted molar refractivity (Wildman–Crippen MR) is 207 cm³/mol. The van der Waals surface area contributed by atoms with Crippen molar-refractivity contribution in [2.24, 2.45) is 0 Å². The lowest BCUT2D eigenvalue weighted by Gasteiger charge is -2.46. The maximum absolute atomic E-state index is 14.5. The summed E-state index contributed by atoms with van der Waals surface area (Å²) < 4.78 is 10.7. The normalized spacial score (nSPS) is 17.1. The number of nitrogens with zero attached hydrogens (tertiary/aromatic N) is 5. The van der Waals surface area contributed by atoms with Crippen LogP contribution in [0.3, 0.4) is 0 Å². The number of piperazine rings is 1. The topological polar surface area (TPSA) is 127 Å². The van der Waals surface area contributed by atoms with Gasteiger partial charge in [-0.15, -0.1) is 6.58 Å². The van der Waals surface area contributed by atoms with E-state index in [0.717, 1.165) is 27.8 Å². The number of likely N-dealkylation sites (N-methyl/N-ethyl adjacent to an activating group) is 1. The molecule has 2 saturated heterocycles. The highest BCUT2D eigenvalue weighted by Gasteiger charge is 2.52. The smallest absolute Gasteiger partial charge is 0.412 e. The van der Waals surface area contributed by atoms with Gasteiger partial charge in [-0.3, -0.25) is 14.6 Å². The van der Waals surface area contributed by atoms with Gasteiger partial charge in [-0.1, -0.05) is 60.7 Å². The van der Waals surface area contributed by atoms with E-state index in [-0.39, 0.29) is 44.4 Å². The van der Waals surface area contributed by atoms with Crippen molar-refractivity contribution in [1.82, 2.24) is 35.4 Å². The second-order valence-corrected chi connectivity index (χ2v) is 13.6. The van der Waals surface area contributed by atoms with E-state index < -0.39 is 24.3 Å². The average molecular weight is 738 g/mol. The van der Waals surface area contributed by atoms with Crippen molar-refractivity contribution in [3.63, 3.8) is 0 Å². The van der Waals surface area contributed by atoms with Gasteiger partial charge in [-0.05, 0) is 80.0 Å². The molecule has 2 fully saturated rings. The monoisotopic (exact) mass is 737 g/mol. The summed E-state index contributed by atoms with van der Waals surface area (Å²) in [6.45, 7) is 9.84. The lowest BCUT2D eigenvalue weighted by atomic mass is 9.97. The molecule has 2 heterocycles. The number of rotatable bonds is 15. The molecule has 2 aliphatic rings. The Labute approximate surface area is 317 Å². The lowest BCUT2D eigenvalue weighted by molar-refractivity contribution is -0.157. The van der Waals surface area contributed by atoms with Crippen molar-refractivity contribution in [2.45, 2.75) is 45.6 Å². The van der Waals surface area contributed by atoms with E-state index in [4.69, 9.17) is 9.47 Å². The van der Waals surface area contributed by atoms with E-state index >= 15 is 0 Å². The molecule has 13 heteroatoms. The first-order valence-electron chi connectivity index (χ1n) is 18.1. The number of benzene rings is 3. The predicted octanol–water partition coefficient (Wildman–Crippen LogP) is 4.42. The number of carbonyl (C=O) groups is 4. The summed E-state index contributed by atoms with van der Waals surface area (Å²) >= 11 is 0. The van der Waals surface area contributed by atoms with E-state index in [0.29, 0.717) is 31.1 Å². The first kappa shape index (κ1) is 39.5. The second kappa shape index (κ2) is 18.4. The van der Waals surface area contributed by atoms with Crippen LogP contribution in [0.1, 0.15) is 34.7 Å². The fraction of sp³-hybridized carbons (Fsp3) is 0.366. The minimum absolute atomic E-state index is 0.0872.